The third kappa shape index (κ3) is 7.05. The van der Waals surface area contributed by atoms with Crippen LogP contribution in [0.5, 0.6) is 0 Å². The van der Waals surface area contributed by atoms with E-state index in [0.717, 1.165) is 41.9 Å². The molecule has 7 heteroatoms. The van der Waals surface area contributed by atoms with Gasteiger partial charge in [-0.1, -0.05) is 44.2 Å². The van der Waals surface area contributed by atoms with Crippen LogP contribution in [0.2, 0.25) is 0 Å². The van der Waals surface area contributed by atoms with Gasteiger partial charge in [-0.05, 0) is 71.7 Å². The van der Waals surface area contributed by atoms with E-state index >= 15 is 0 Å². The van der Waals surface area contributed by atoms with E-state index in [1.54, 1.807) is 6.07 Å². The molecule has 0 aliphatic heterocycles. The zero-order valence-electron chi connectivity index (χ0n) is 21.9. The Bertz CT molecular complexity index is 1360. The minimum Gasteiger partial charge on any atom is -0.390 e. The van der Waals surface area contributed by atoms with Crippen LogP contribution in [-0.4, -0.2) is 34.3 Å². The molecule has 1 amide bonds. The lowest BCUT2D eigenvalue weighted by molar-refractivity contribution is 0.0830. The standard InChI is InChI=1S/C31H35F2N3O2/c1-3-11-36-12-10-24-8-9-25(17-29(24)36)31(38)35-28(16-23-14-26(32)18-27(33)15-23)30(37)20-34-19-22-7-5-6-21(4-2)13-22/h5-10,12-15,17-18,28,30,34,37H,3-4,11,16,19-20H2,1-2H3,(H,35,38). The van der Waals surface area contributed by atoms with Crippen molar-refractivity contribution in [3.05, 3.63) is 107 Å². The average Bonchev–Trinajstić information content (AvgIpc) is 3.30. The molecule has 3 aromatic carbocycles. The lowest BCUT2D eigenvalue weighted by Crippen LogP contribution is -2.48. The van der Waals surface area contributed by atoms with Crippen LogP contribution in [0.3, 0.4) is 0 Å². The van der Waals surface area contributed by atoms with Crippen molar-refractivity contribution < 1.29 is 18.7 Å². The smallest absolute Gasteiger partial charge is 0.251 e. The van der Waals surface area contributed by atoms with Gasteiger partial charge in [0.1, 0.15) is 11.6 Å². The fourth-order valence-electron chi connectivity index (χ4n) is 4.74. The van der Waals surface area contributed by atoms with Crippen molar-refractivity contribution in [1.29, 1.82) is 0 Å². The van der Waals surface area contributed by atoms with Gasteiger partial charge >= 0.3 is 0 Å². The van der Waals surface area contributed by atoms with Crippen molar-refractivity contribution >= 4 is 16.8 Å². The third-order valence-electron chi connectivity index (χ3n) is 6.74. The van der Waals surface area contributed by atoms with Crippen molar-refractivity contribution in [1.82, 2.24) is 15.2 Å². The number of hydrogen-bond acceptors (Lipinski definition) is 3. The quantitative estimate of drug-likeness (QED) is 0.235. The number of aryl methyl sites for hydroxylation is 2. The summed E-state index contributed by atoms with van der Waals surface area (Å²) in [5, 5.41) is 18.3. The topological polar surface area (TPSA) is 66.3 Å². The Morgan fingerprint density at radius 3 is 2.45 bits per heavy atom. The molecule has 0 aliphatic carbocycles. The molecule has 0 radical (unpaired) electrons. The Morgan fingerprint density at radius 1 is 0.947 bits per heavy atom. The number of aliphatic hydroxyl groups is 1. The molecule has 5 nitrogen and oxygen atoms in total. The van der Waals surface area contributed by atoms with Gasteiger partial charge in [0.05, 0.1) is 12.1 Å². The summed E-state index contributed by atoms with van der Waals surface area (Å²) < 4.78 is 29.8. The lowest BCUT2D eigenvalue weighted by Gasteiger charge is -2.25. The number of benzene rings is 3. The van der Waals surface area contributed by atoms with Crippen LogP contribution in [0.1, 0.15) is 47.3 Å². The van der Waals surface area contributed by atoms with E-state index in [4.69, 9.17) is 0 Å². The molecule has 0 spiro atoms. The number of hydrogen-bond donors (Lipinski definition) is 3. The van der Waals surface area contributed by atoms with E-state index in [-0.39, 0.29) is 18.9 Å². The highest BCUT2D eigenvalue weighted by molar-refractivity contribution is 5.98. The van der Waals surface area contributed by atoms with Crippen LogP contribution >= 0.6 is 0 Å². The number of nitrogens with zero attached hydrogens (tertiary/aromatic N) is 1. The SMILES string of the molecule is CCCn1ccc2ccc(C(=O)NC(Cc3cc(F)cc(F)c3)C(O)CNCc3cccc(CC)c3)cc21. The molecule has 38 heavy (non-hydrogen) atoms. The van der Waals surface area contributed by atoms with E-state index in [1.807, 2.05) is 36.5 Å². The fraction of sp³-hybridized carbons (Fsp3) is 0.323. The summed E-state index contributed by atoms with van der Waals surface area (Å²) in [4.78, 5) is 13.3. The van der Waals surface area contributed by atoms with Gasteiger partial charge in [0, 0.05) is 43.0 Å². The molecular weight excluding hydrogens is 484 g/mol. The predicted octanol–water partition coefficient (Wildman–Crippen LogP) is 5.38. The van der Waals surface area contributed by atoms with Gasteiger partial charge in [-0.15, -0.1) is 0 Å². The summed E-state index contributed by atoms with van der Waals surface area (Å²) in [6.07, 6.45) is 2.98. The zero-order chi connectivity index (χ0) is 27.1. The number of nitrogens with one attached hydrogen (secondary N) is 2. The number of carbonyl (C=O) groups excluding carboxylic acids is 1. The van der Waals surface area contributed by atoms with E-state index < -0.39 is 23.8 Å². The molecule has 0 aliphatic rings. The number of fused-ring (bicyclic) bond motifs is 1. The van der Waals surface area contributed by atoms with Gasteiger partial charge in [0.2, 0.25) is 0 Å². The Kier molecular flexibility index (Phi) is 9.26. The highest BCUT2D eigenvalue weighted by Gasteiger charge is 2.23. The molecule has 0 saturated carbocycles. The largest absolute Gasteiger partial charge is 0.390 e. The Labute approximate surface area is 222 Å². The normalized spacial score (nSPS) is 13.0. The van der Waals surface area contributed by atoms with Crippen LogP contribution in [-0.2, 0) is 25.9 Å². The van der Waals surface area contributed by atoms with Gasteiger partial charge in [-0.2, -0.15) is 0 Å². The molecular formula is C31H35F2N3O2. The summed E-state index contributed by atoms with van der Waals surface area (Å²) >= 11 is 0. The fourth-order valence-corrected chi connectivity index (χ4v) is 4.74. The van der Waals surface area contributed by atoms with E-state index in [9.17, 15) is 18.7 Å². The first-order chi connectivity index (χ1) is 18.4. The second-order valence-electron chi connectivity index (χ2n) is 9.72. The van der Waals surface area contributed by atoms with Crippen LogP contribution in [0, 0.1) is 11.6 Å². The monoisotopic (exact) mass is 519 g/mol. The first kappa shape index (κ1) is 27.5. The molecule has 1 aromatic heterocycles. The van der Waals surface area contributed by atoms with E-state index in [1.165, 1.54) is 17.7 Å². The Balaban J connectivity index is 1.50. The molecule has 3 N–H and O–H groups in total. The second kappa shape index (κ2) is 12.8. The first-order valence-electron chi connectivity index (χ1n) is 13.2. The second-order valence-corrected chi connectivity index (χ2v) is 9.72. The zero-order valence-corrected chi connectivity index (χ0v) is 21.9. The summed E-state index contributed by atoms with van der Waals surface area (Å²) in [5.41, 5.74) is 4.09. The van der Waals surface area contributed by atoms with Crippen LogP contribution in [0.25, 0.3) is 10.9 Å². The molecule has 2 unspecified atom stereocenters. The minimum absolute atomic E-state index is 0.0725. The van der Waals surface area contributed by atoms with Gasteiger partial charge in [-0.25, -0.2) is 8.78 Å². The van der Waals surface area contributed by atoms with Gasteiger partial charge in [0.25, 0.3) is 5.91 Å². The van der Waals surface area contributed by atoms with Crippen molar-refractivity contribution in [2.24, 2.45) is 0 Å². The highest BCUT2D eigenvalue weighted by atomic mass is 19.1. The maximum atomic E-state index is 13.9. The van der Waals surface area contributed by atoms with E-state index in [0.29, 0.717) is 17.7 Å². The lowest BCUT2D eigenvalue weighted by atomic mass is 10.00. The Hall–Kier alpha value is -3.55. The molecule has 1 heterocycles. The number of carbonyl (C=O) groups is 1. The molecule has 4 rings (SSSR count). The van der Waals surface area contributed by atoms with Crippen LogP contribution in [0.4, 0.5) is 8.78 Å². The molecule has 0 fully saturated rings. The summed E-state index contributed by atoms with van der Waals surface area (Å²) in [7, 11) is 0. The number of rotatable bonds is 12. The van der Waals surface area contributed by atoms with Crippen molar-refractivity contribution in [2.45, 2.75) is 58.3 Å². The number of amides is 1. The maximum absolute atomic E-state index is 13.9. The molecule has 0 saturated heterocycles. The van der Waals surface area contributed by atoms with Crippen molar-refractivity contribution in [3.8, 4) is 0 Å². The summed E-state index contributed by atoms with van der Waals surface area (Å²) in [6.45, 7) is 5.77. The van der Waals surface area contributed by atoms with Gasteiger partial charge in [0.15, 0.2) is 0 Å². The molecule has 0 bridgehead atoms. The Morgan fingerprint density at radius 2 is 1.71 bits per heavy atom. The molecule has 200 valence electrons. The van der Waals surface area contributed by atoms with Crippen molar-refractivity contribution in [2.75, 3.05) is 6.54 Å². The first-order valence-corrected chi connectivity index (χ1v) is 13.2. The van der Waals surface area contributed by atoms with Crippen LogP contribution in [0.15, 0.2) is 72.9 Å². The molecule has 4 aromatic rings. The maximum Gasteiger partial charge on any atom is 0.251 e. The molecule has 2 atom stereocenters. The summed E-state index contributed by atoms with van der Waals surface area (Å²) in [6, 6.07) is 18.2. The number of aliphatic hydroxyl groups excluding tert-OH is 1. The third-order valence-corrected chi connectivity index (χ3v) is 6.74. The average molecular weight is 520 g/mol. The highest BCUT2D eigenvalue weighted by Crippen LogP contribution is 2.19. The minimum atomic E-state index is -0.993. The predicted molar refractivity (Wildman–Crippen MR) is 147 cm³/mol. The van der Waals surface area contributed by atoms with Gasteiger partial charge in [-0.3, -0.25) is 4.79 Å². The van der Waals surface area contributed by atoms with Crippen LogP contribution < -0.4 is 10.6 Å². The number of halogens is 2. The summed E-state index contributed by atoms with van der Waals surface area (Å²) in [5.74, 6) is -1.75. The van der Waals surface area contributed by atoms with E-state index in [2.05, 4.69) is 41.2 Å². The van der Waals surface area contributed by atoms with Gasteiger partial charge < -0.3 is 20.3 Å². The number of aromatic nitrogens is 1. The van der Waals surface area contributed by atoms with Crippen molar-refractivity contribution in [3.63, 3.8) is 0 Å².